The van der Waals surface area contributed by atoms with E-state index in [-0.39, 0.29) is 5.91 Å². The maximum Gasteiger partial charge on any atom is 0.272 e. The fourth-order valence-electron chi connectivity index (χ4n) is 2.93. The summed E-state index contributed by atoms with van der Waals surface area (Å²) in [6.07, 6.45) is 2.67. The first-order valence-electron chi connectivity index (χ1n) is 8.94. The molecule has 3 rings (SSSR count). The topological polar surface area (TPSA) is 77.2 Å². The van der Waals surface area contributed by atoms with Crippen LogP contribution in [0.1, 0.15) is 35.6 Å². The van der Waals surface area contributed by atoms with E-state index < -0.39 is 0 Å². The molecule has 0 spiro atoms. The standard InChI is InChI=1S/C18H26N6O/c1-3-15-11-16(22-21-15)18(25)20-13-14-5-6-17(19-12-14)24-9-7-23(4-2)8-10-24/h5-6,11-12H,3-4,7-10,13H2,1-2H3,(H,20,25)(H,21,22). The molecule has 1 aliphatic heterocycles. The molecular weight excluding hydrogens is 316 g/mol. The lowest BCUT2D eigenvalue weighted by molar-refractivity contribution is 0.0946. The number of nitrogens with zero attached hydrogens (tertiary/aromatic N) is 4. The molecule has 0 radical (unpaired) electrons. The number of amides is 1. The highest BCUT2D eigenvalue weighted by molar-refractivity contribution is 5.92. The third-order valence-electron chi connectivity index (χ3n) is 4.65. The van der Waals surface area contributed by atoms with Gasteiger partial charge < -0.3 is 15.1 Å². The summed E-state index contributed by atoms with van der Waals surface area (Å²) in [6.45, 7) is 9.96. The maximum absolute atomic E-state index is 12.1. The molecule has 2 aromatic rings. The van der Waals surface area contributed by atoms with Crippen LogP contribution in [0, 0.1) is 0 Å². The Morgan fingerprint density at radius 1 is 1.24 bits per heavy atom. The summed E-state index contributed by atoms with van der Waals surface area (Å²) in [5, 5.41) is 9.76. The van der Waals surface area contributed by atoms with Crippen molar-refractivity contribution in [3.8, 4) is 0 Å². The molecule has 1 aliphatic rings. The van der Waals surface area contributed by atoms with Gasteiger partial charge >= 0.3 is 0 Å². The van der Waals surface area contributed by atoms with E-state index in [1.54, 1.807) is 6.07 Å². The van der Waals surface area contributed by atoms with Gasteiger partial charge in [-0.2, -0.15) is 5.10 Å². The number of likely N-dealkylation sites (N-methyl/N-ethyl adjacent to an activating group) is 1. The molecule has 0 unspecified atom stereocenters. The van der Waals surface area contributed by atoms with Crippen LogP contribution in [-0.4, -0.2) is 58.7 Å². The zero-order valence-electron chi connectivity index (χ0n) is 15.0. The first-order chi connectivity index (χ1) is 12.2. The Morgan fingerprint density at radius 2 is 2.04 bits per heavy atom. The summed E-state index contributed by atoms with van der Waals surface area (Å²) in [6, 6.07) is 5.84. The summed E-state index contributed by atoms with van der Waals surface area (Å²) in [7, 11) is 0. The lowest BCUT2D eigenvalue weighted by Crippen LogP contribution is -2.46. The van der Waals surface area contributed by atoms with Crippen molar-refractivity contribution < 1.29 is 4.79 Å². The van der Waals surface area contributed by atoms with Gasteiger partial charge in [-0.25, -0.2) is 4.98 Å². The van der Waals surface area contributed by atoms with Crippen LogP contribution < -0.4 is 10.2 Å². The molecule has 0 bridgehead atoms. The molecule has 7 nitrogen and oxygen atoms in total. The third-order valence-corrected chi connectivity index (χ3v) is 4.65. The first kappa shape index (κ1) is 17.4. The quantitative estimate of drug-likeness (QED) is 0.831. The van der Waals surface area contributed by atoms with E-state index in [0.29, 0.717) is 12.2 Å². The monoisotopic (exact) mass is 342 g/mol. The number of aromatic nitrogens is 3. The van der Waals surface area contributed by atoms with Gasteiger partial charge in [-0.3, -0.25) is 9.89 Å². The van der Waals surface area contributed by atoms with Crippen molar-refractivity contribution >= 4 is 11.7 Å². The number of H-pyrrole nitrogens is 1. The van der Waals surface area contributed by atoms with Crippen LogP contribution in [0.15, 0.2) is 24.4 Å². The number of carbonyl (C=O) groups excluding carboxylic acids is 1. The van der Waals surface area contributed by atoms with Crippen LogP contribution in [0.3, 0.4) is 0 Å². The zero-order valence-corrected chi connectivity index (χ0v) is 15.0. The number of aromatic amines is 1. The normalized spacial score (nSPS) is 15.4. The summed E-state index contributed by atoms with van der Waals surface area (Å²) >= 11 is 0. The number of nitrogens with one attached hydrogen (secondary N) is 2. The molecule has 134 valence electrons. The van der Waals surface area contributed by atoms with E-state index in [1.807, 2.05) is 25.3 Å². The van der Waals surface area contributed by atoms with Crippen LogP contribution in [0.25, 0.3) is 0 Å². The van der Waals surface area contributed by atoms with Crippen LogP contribution in [0.4, 0.5) is 5.82 Å². The highest BCUT2D eigenvalue weighted by atomic mass is 16.1. The van der Waals surface area contributed by atoms with Crippen molar-refractivity contribution in [2.24, 2.45) is 0 Å². The van der Waals surface area contributed by atoms with Crippen molar-refractivity contribution in [2.75, 3.05) is 37.6 Å². The number of piperazine rings is 1. The summed E-state index contributed by atoms with van der Waals surface area (Å²) in [5.74, 6) is 0.835. The Morgan fingerprint density at radius 3 is 2.64 bits per heavy atom. The molecule has 0 saturated carbocycles. The molecule has 0 atom stereocenters. The van der Waals surface area contributed by atoms with Crippen molar-refractivity contribution in [1.82, 2.24) is 25.4 Å². The SMILES string of the molecule is CCc1cc(C(=O)NCc2ccc(N3CCN(CC)CC3)nc2)n[nH]1. The predicted octanol–water partition coefficient (Wildman–Crippen LogP) is 1.44. The zero-order chi connectivity index (χ0) is 17.6. The molecule has 2 aromatic heterocycles. The Bertz CT molecular complexity index is 688. The Balaban J connectivity index is 1.51. The number of rotatable bonds is 6. The van der Waals surface area contributed by atoms with E-state index in [9.17, 15) is 4.79 Å². The lowest BCUT2D eigenvalue weighted by Gasteiger charge is -2.34. The largest absolute Gasteiger partial charge is 0.354 e. The van der Waals surface area contributed by atoms with Crippen LogP contribution in [0.5, 0.6) is 0 Å². The summed E-state index contributed by atoms with van der Waals surface area (Å²) < 4.78 is 0. The van der Waals surface area contributed by atoms with Crippen LogP contribution >= 0.6 is 0 Å². The minimum atomic E-state index is -0.171. The highest BCUT2D eigenvalue weighted by Gasteiger charge is 2.16. The average molecular weight is 342 g/mol. The summed E-state index contributed by atoms with van der Waals surface area (Å²) in [4.78, 5) is 21.4. The van der Waals surface area contributed by atoms with Gasteiger partial charge in [0, 0.05) is 44.6 Å². The maximum atomic E-state index is 12.1. The van der Waals surface area contributed by atoms with E-state index in [1.165, 1.54) is 0 Å². The second kappa shape index (κ2) is 8.11. The van der Waals surface area contributed by atoms with E-state index in [2.05, 4.69) is 37.2 Å². The van der Waals surface area contributed by atoms with E-state index >= 15 is 0 Å². The molecule has 0 aromatic carbocycles. The summed E-state index contributed by atoms with van der Waals surface area (Å²) in [5.41, 5.74) is 2.37. The minimum absolute atomic E-state index is 0.171. The second-order valence-corrected chi connectivity index (χ2v) is 6.26. The second-order valence-electron chi connectivity index (χ2n) is 6.26. The molecule has 7 heteroatoms. The Labute approximate surface area is 148 Å². The van der Waals surface area contributed by atoms with Gasteiger partial charge in [0.15, 0.2) is 0 Å². The number of pyridine rings is 1. The molecular formula is C18H26N6O. The van der Waals surface area contributed by atoms with Gasteiger partial charge in [-0.05, 0) is 30.7 Å². The third kappa shape index (κ3) is 4.36. The molecule has 3 heterocycles. The van der Waals surface area contributed by atoms with Gasteiger partial charge in [0.2, 0.25) is 0 Å². The lowest BCUT2D eigenvalue weighted by atomic mass is 10.2. The molecule has 1 amide bonds. The number of anilines is 1. The minimum Gasteiger partial charge on any atom is -0.354 e. The Hall–Kier alpha value is -2.41. The van der Waals surface area contributed by atoms with Crippen LogP contribution in [0.2, 0.25) is 0 Å². The van der Waals surface area contributed by atoms with Gasteiger partial charge in [-0.1, -0.05) is 19.9 Å². The molecule has 25 heavy (non-hydrogen) atoms. The smallest absolute Gasteiger partial charge is 0.272 e. The predicted molar refractivity (Wildman–Crippen MR) is 97.7 cm³/mol. The molecule has 1 saturated heterocycles. The highest BCUT2D eigenvalue weighted by Crippen LogP contribution is 2.14. The number of hydrogen-bond acceptors (Lipinski definition) is 5. The van der Waals surface area contributed by atoms with Crippen molar-refractivity contribution in [3.63, 3.8) is 0 Å². The molecule has 0 aliphatic carbocycles. The molecule has 1 fully saturated rings. The van der Waals surface area contributed by atoms with E-state index in [4.69, 9.17) is 0 Å². The van der Waals surface area contributed by atoms with Crippen molar-refractivity contribution in [1.29, 1.82) is 0 Å². The fraction of sp³-hybridized carbons (Fsp3) is 0.500. The molecule has 2 N–H and O–H groups in total. The van der Waals surface area contributed by atoms with E-state index in [0.717, 1.165) is 56.2 Å². The van der Waals surface area contributed by atoms with Gasteiger partial charge in [-0.15, -0.1) is 0 Å². The number of carbonyl (C=O) groups is 1. The average Bonchev–Trinajstić information content (AvgIpc) is 3.16. The fourth-order valence-corrected chi connectivity index (χ4v) is 2.93. The number of hydrogen-bond donors (Lipinski definition) is 2. The van der Waals surface area contributed by atoms with Gasteiger partial charge in [0.05, 0.1) is 0 Å². The van der Waals surface area contributed by atoms with Crippen molar-refractivity contribution in [3.05, 3.63) is 41.3 Å². The van der Waals surface area contributed by atoms with Gasteiger partial charge in [0.1, 0.15) is 11.5 Å². The Kier molecular flexibility index (Phi) is 5.65. The van der Waals surface area contributed by atoms with Gasteiger partial charge in [0.25, 0.3) is 5.91 Å². The van der Waals surface area contributed by atoms with Crippen molar-refractivity contribution in [2.45, 2.75) is 26.8 Å². The van der Waals surface area contributed by atoms with Crippen LogP contribution in [-0.2, 0) is 13.0 Å². The first-order valence-corrected chi connectivity index (χ1v) is 8.94. The number of aryl methyl sites for hydroxylation is 1.